The second-order valence-electron chi connectivity index (χ2n) is 3.74. The molecule has 1 aromatic carbocycles. The maximum absolute atomic E-state index is 11.8. The summed E-state index contributed by atoms with van der Waals surface area (Å²) in [5, 5.41) is 0. The number of rotatable bonds is 4. The summed E-state index contributed by atoms with van der Waals surface area (Å²) in [5.74, 6) is 0.0784. The van der Waals surface area contributed by atoms with Crippen molar-refractivity contribution in [2.24, 2.45) is 0 Å². The molecule has 0 saturated carbocycles. The minimum atomic E-state index is -3.12. The first-order valence-electron chi connectivity index (χ1n) is 5.04. The minimum Gasteiger partial charge on any atom is -0.352 e. The Morgan fingerprint density at radius 3 is 2.47 bits per heavy atom. The monoisotopic (exact) mass is 226 g/mol. The van der Waals surface area contributed by atoms with Gasteiger partial charge < -0.3 is 4.74 Å². The van der Waals surface area contributed by atoms with Crippen molar-refractivity contribution >= 4 is 9.84 Å². The Balaban J connectivity index is 2.07. The lowest BCUT2D eigenvalue weighted by molar-refractivity contribution is 0.389. The number of benzene rings is 1. The molecule has 15 heavy (non-hydrogen) atoms. The summed E-state index contributed by atoms with van der Waals surface area (Å²) in [7, 11) is -3.12. The maximum atomic E-state index is 11.8. The molecular weight excluding hydrogens is 212 g/mol. The lowest BCUT2D eigenvalue weighted by atomic mass is 10.2. The Labute approximate surface area is 90.0 Å². The van der Waals surface area contributed by atoms with Gasteiger partial charge in [-0.2, -0.15) is 0 Å². The van der Waals surface area contributed by atoms with Crippen LogP contribution in [-0.4, -0.2) is 20.0 Å². The molecule has 0 aromatic heterocycles. The standard InChI is InChI=1S/C11H14O3S/c1-2-10-11(14-10)15(12,13)8-9-6-4-3-5-7-9/h3-7,10-11H,2,8H2,1H3/t10-,11-/m0/s1. The van der Waals surface area contributed by atoms with E-state index in [9.17, 15) is 8.42 Å². The van der Waals surface area contributed by atoms with Gasteiger partial charge in [0, 0.05) is 0 Å². The van der Waals surface area contributed by atoms with Crippen molar-refractivity contribution in [3.63, 3.8) is 0 Å². The molecule has 1 heterocycles. The van der Waals surface area contributed by atoms with Crippen LogP contribution in [0.15, 0.2) is 30.3 Å². The molecule has 0 radical (unpaired) electrons. The highest BCUT2D eigenvalue weighted by Gasteiger charge is 2.47. The van der Waals surface area contributed by atoms with Crippen molar-refractivity contribution in [2.45, 2.75) is 30.6 Å². The van der Waals surface area contributed by atoms with E-state index in [1.807, 2.05) is 37.3 Å². The number of hydrogen-bond acceptors (Lipinski definition) is 3. The van der Waals surface area contributed by atoms with E-state index in [1.54, 1.807) is 0 Å². The van der Waals surface area contributed by atoms with Crippen LogP contribution in [0.1, 0.15) is 18.9 Å². The highest BCUT2D eigenvalue weighted by atomic mass is 32.2. The van der Waals surface area contributed by atoms with E-state index in [4.69, 9.17) is 4.74 Å². The molecular formula is C11H14O3S. The fourth-order valence-electron chi connectivity index (χ4n) is 1.62. The highest BCUT2D eigenvalue weighted by molar-refractivity contribution is 7.91. The summed E-state index contributed by atoms with van der Waals surface area (Å²) >= 11 is 0. The van der Waals surface area contributed by atoms with Crippen molar-refractivity contribution in [1.29, 1.82) is 0 Å². The molecule has 0 amide bonds. The minimum absolute atomic E-state index is 0.0784. The summed E-state index contributed by atoms with van der Waals surface area (Å²) in [4.78, 5) is 0. The Morgan fingerprint density at radius 1 is 1.27 bits per heavy atom. The quantitative estimate of drug-likeness (QED) is 0.735. The Morgan fingerprint density at radius 2 is 1.93 bits per heavy atom. The summed E-state index contributed by atoms with van der Waals surface area (Å²) < 4.78 is 28.7. The molecule has 2 atom stereocenters. The van der Waals surface area contributed by atoms with Crippen molar-refractivity contribution in [3.8, 4) is 0 Å². The van der Waals surface area contributed by atoms with Gasteiger partial charge in [0.1, 0.15) is 0 Å². The predicted octanol–water partition coefficient (Wildman–Crippen LogP) is 1.74. The molecule has 0 aliphatic carbocycles. The average molecular weight is 226 g/mol. The molecule has 1 aromatic rings. The van der Waals surface area contributed by atoms with Crippen molar-refractivity contribution in [3.05, 3.63) is 35.9 Å². The van der Waals surface area contributed by atoms with Crippen LogP contribution in [0, 0.1) is 0 Å². The van der Waals surface area contributed by atoms with Gasteiger partial charge in [0.05, 0.1) is 11.9 Å². The van der Waals surface area contributed by atoms with Gasteiger partial charge >= 0.3 is 0 Å². The zero-order chi connectivity index (χ0) is 10.9. The van der Waals surface area contributed by atoms with Crippen LogP contribution in [0.4, 0.5) is 0 Å². The molecule has 0 bridgehead atoms. The largest absolute Gasteiger partial charge is 0.352 e. The first kappa shape index (κ1) is 10.6. The second kappa shape index (κ2) is 3.94. The summed E-state index contributed by atoms with van der Waals surface area (Å²) in [5.41, 5.74) is 0.255. The van der Waals surface area contributed by atoms with Crippen molar-refractivity contribution in [1.82, 2.24) is 0 Å². The van der Waals surface area contributed by atoms with Gasteiger partial charge in [0.2, 0.25) is 0 Å². The third kappa shape index (κ3) is 2.38. The molecule has 0 N–H and O–H groups in total. The van der Waals surface area contributed by atoms with Gasteiger partial charge in [0.15, 0.2) is 15.3 Å². The SMILES string of the molecule is CC[C@@H]1O[C@H]1S(=O)(=O)Cc1ccccc1. The summed E-state index contributed by atoms with van der Waals surface area (Å²) in [6.45, 7) is 1.93. The molecule has 1 saturated heterocycles. The van der Waals surface area contributed by atoms with E-state index in [0.717, 1.165) is 12.0 Å². The van der Waals surface area contributed by atoms with Crippen molar-refractivity contribution in [2.75, 3.05) is 0 Å². The molecule has 1 aliphatic heterocycles. The zero-order valence-electron chi connectivity index (χ0n) is 8.59. The summed E-state index contributed by atoms with van der Waals surface area (Å²) in [6, 6.07) is 9.20. The highest BCUT2D eigenvalue weighted by Crippen LogP contribution is 2.32. The average Bonchev–Trinajstić information content (AvgIpc) is 2.98. The van der Waals surface area contributed by atoms with Crippen LogP contribution < -0.4 is 0 Å². The second-order valence-corrected chi connectivity index (χ2v) is 5.82. The normalized spacial score (nSPS) is 25.1. The predicted molar refractivity (Wildman–Crippen MR) is 58.0 cm³/mol. The molecule has 2 rings (SSSR count). The number of sulfone groups is 1. The molecule has 3 nitrogen and oxygen atoms in total. The molecule has 82 valence electrons. The molecule has 1 fully saturated rings. The first-order valence-corrected chi connectivity index (χ1v) is 6.76. The van der Waals surface area contributed by atoms with Gasteiger partial charge in [-0.3, -0.25) is 0 Å². The van der Waals surface area contributed by atoms with Gasteiger partial charge in [-0.15, -0.1) is 0 Å². The van der Waals surface area contributed by atoms with Crippen LogP contribution in [-0.2, 0) is 20.3 Å². The van der Waals surface area contributed by atoms with Crippen LogP contribution in [0.5, 0.6) is 0 Å². The molecule has 0 spiro atoms. The molecule has 4 heteroatoms. The van der Waals surface area contributed by atoms with E-state index in [-0.39, 0.29) is 11.9 Å². The molecule has 0 unspecified atom stereocenters. The van der Waals surface area contributed by atoms with Gasteiger partial charge in [-0.25, -0.2) is 8.42 Å². The Hall–Kier alpha value is -0.870. The van der Waals surface area contributed by atoms with Crippen LogP contribution >= 0.6 is 0 Å². The topological polar surface area (TPSA) is 46.7 Å². The molecule has 1 aliphatic rings. The Bertz CT molecular complexity index is 424. The number of ether oxygens (including phenoxy) is 1. The third-order valence-electron chi connectivity index (χ3n) is 2.50. The van der Waals surface area contributed by atoms with E-state index < -0.39 is 15.3 Å². The number of hydrogen-bond donors (Lipinski definition) is 0. The lowest BCUT2D eigenvalue weighted by Crippen LogP contribution is -2.13. The van der Waals surface area contributed by atoms with Crippen molar-refractivity contribution < 1.29 is 13.2 Å². The van der Waals surface area contributed by atoms with Crippen LogP contribution in [0.3, 0.4) is 0 Å². The van der Waals surface area contributed by atoms with E-state index in [1.165, 1.54) is 0 Å². The fraction of sp³-hybridized carbons (Fsp3) is 0.455. The van der Waals surface area contributed by atoms with E-state index >= 15 is 0 Å². The van der Waals surface area contributed by atoms with E-state index in [2.05, 4.69) is 0 Å². The van der Waals surface area contributed by atoms with Gasteiger partial charge in [-0.05, 0) is 12.0 Å². The van der Waals surface area contributed by atoms with Gasteiger partial charge in [0.25, 0.3) is 0 Å². The third-order valence-corrected chi connectivity index (χ3v) is 4.36. The van der Waals surface area contributed by atoms with Gasteiger partial charge in [-0.1, -0.05) is 37.3 Å². The van der Waals surface area contributed by atoms with E-state index in [0.29, 0.717) is 0 Å². The zero-order valence-corrected chi connectivity index (χ0v) is 9.41. The Kier molecular flexibility index (Phi) is 2.80. The number of epoxide rings is 1. The summed E-state index contributed by atoms with van der Waals surface area (Å²) in [6.07, 6.45) is 0.678. The smallest absolute Gasteiger partial charge is 0.185 e. The lowest BCUT2D eigenvalue weighted by Gasteiger charge is -2.00. The maximum Gasteiger partial charge on any atom is 0.185 e. The fourth-order valence-corrected chi connectivity index (χ4v) is 3.41. The first-order chi connectivity index (χ1) is 7.13. The van der Waals surface area contributed by atoms with Crippen LogP contribution in [0.2, 0.25) is 0 Å². The van der Waals surface area contributed by atoms with Crippen LogP contribution in [0.25, 0.3) is 0 Å².